The van der Waals surface area contributed by atoms with E-state index >= 15 is 0 Å². The predicted octanol–water partition coefficient (Wildman–Crippen LogP) is 1.27. The van der Waals surface area contributed by atoms with Crippen molar-refractivity contribution in [2.75, 3.05) is 33.8 Å². The van der Waals surface area contributed by atoms with E-state index in [1.54, 1.807) is 0 Å². The Morgan fingerprint density at radius 1 is 1.19 bits per heavy atom. The molecule has 0 saturated heterocycles. The standard InChI is InChI=1S/C13H22N2O/c1-15(2)9-10-16-11-13-6-4-3-5-12(13)7-8-14/h3-6H,7-11,14H2,1-2H3. The van der Waals surface area contributed by atoms with Crippen LogP contribution in [0.15, 0.2) is 24.3 Å². The Labute approximate surface area is 98.2 Å². The summed E-state index contributed by atoms with van der Waals surface area (Å²) in [5.41, 5.74) is 8.13. The molecule has 0 bridgehead atoms. The van der Waals surface area contributed by atoms with Gasteiger partial charge in [0, 0.05) is 6.54 Å². The van der Waals surface area contributed by atoms with Gasteiger partial charge in [-0.15, -0.1) is 0 Å². The zero-order valence-corrected chi connectivity index (χ0v) is 10.3. The Hall–Kier alpha value is -0.900. The second kappa shape index (κ2) is 7.39. The van der Waals surface area contributed by atoms with E-state index in [1.165, 1.54) is 11.1 Å². The van der Waals surface area contributed by atoms with Crippen LogP contribution in [-0.4, -0.2) is 38.7 Å². The third kappa shape index (κ3) is 4.75. The molecule has 3 heteroatoms. The van der Waals surface area contributed by atoms with E-state index in [-0.39, 0.29) is 0 Å². The molecule has 0 heterocycles. The molecule has 0 aromatic heterocycles. The number of likely N-dealkylation sites (N-methyl/N-ethyl adjacent to an activating group) is 1. The van der Waals surface area contributed by atoms with Crippen molar-refractivity contribution in [3.05, 3.63) is 35.4 Å². The van der Waals surface area contributed by atoms with Crippen LogP contribution in [0, 0.1) is 0 Å². The van der Waals surface area contributed by atoms with Crippen LogP contribution in [-0.2, 0) is 17.8 Å². The van der Waals surface area contributed by atoms with Gasteiger partial charge in [-0.25, -0.2) is 0 Å². The highest BCUT2D eigenvalue weighted by Crippen LogP contribution is 2.10. The topological polar surface area (TPSA) is 38.5 Å². The summed E-state index contributed by atoms with van der Waals surface area (Å²) in [5.74, 6) is 0. The van der Waals surface area contributed by atoms with E-state index in [0.717, 1.165) is 19.6 Å². The SMILES string of the molecule is CN(C)CCOCc1ccccc1CCN. The molecule has 1 aromatic carbocycles. The normalized spacial score (nSPS) is 11.0. The van der Waals surface area contributed by atoms with E-state index < -0.39 is 0 Å². The molecule has 16 heavy (non-hydrogen) atoms. The first-order valence-electron chi connectivity index (χ1n) is 5.73. The molecule has 0 fully saturated rings. The van der Waals surface area contributed by atoms with Gasteiger partial charge in [-0.1, -0.05) is 24.3 Å². The Bertz CT molecular complexity index is 300. The molecule has 0 amide bonds. The van der Waals surface area contributed by atoms with Gasteiger partial charge in [0.25, 0.3) is 0 Å². The number of benzene rings is 1. The lowest BCUT2D eigenvalue weighted by Crippen LogP contribution is -2.18. The van der Waals surface area contributed by atoms with Crippen LogP contribution in [0.5, 0.6) is 0 Å². The second-order valence-electron chi connectivity index (χ2n) is 4.16. The van der Waals surface area contributed by atoms with Gasteiger partial charge in [0.15, 0.2) is 0 Å². The van der Waals surface area contributed by atoms with Crippen molar-refractivity contribution in [3.8, 4) is 0 Å². The smallest absolute Gasteiger partial charge is 0.0720 e. The van der Waals surface area contributed by atoms with E-state index in [2.05, 4.69) is 17.0 Å². The van der Waals surface area contributed by atoms with Gasteiger partial charge in [-0.2, -0.15) is 0 Å². The van der Waals surface area contributed by atoms with Gasteiger partial charge in [-0.05, 0) is 38.2 Å². The third-order valence-electron chi connectivity index (χ3n) is 2.47. The van der Waals surface area contributed by atoms with Crippen molar-refractivity contribution in [3.63, 3.8) is 0 Å². The fourth-order valence-corrected chi connectivity index (χ4v) is 1.53. The third-order valence-corrected chi connectivity index (χ3v) is 2.47. The van der Waals surface area contributed by atoms with Crippen LogP contribution < -0.4 is 5.73 Å². The highest BCUT2D eigenvalue weighted by molar-refractivity contribution is 5.26. The maximum absolute atomic E-state index is 5.64. The molecule has 0 aliphatic carbocycles. The van der Waals surface area contributed by atoms with Gasteiger partial charge in [0.05, 0.1) is 13.2 Å². The summed E-state index contributed by atoms with van der Waals surface area (Å²) in [6, 6.07) is 8.33. The van der Waals surface area contributed by atoms with Crippen molar-refractivity contribution in [1.82, 2.24) is 4.90 Å². The largest absolute Gasteiger partial charge is 0.375 e. The summed E-state index contributed by atoms with van der Waals surface area (Å²) in [4.78, 5) is 2.12. The van der Waals surface area contributed by atoms with Crippen molar-refractivity contribution < 1.29 is 4.74 Å². The minimum Gasteiger partial charge on any atom is -0.375 e. The maximum Gasteiger partial charge on any atom is 0.0720 e. The number of rotatable bonds is 7. The summed E-state index contributed by atoms with van der Waals surface area (Å²) in [6.45, 7) is 3.10. The summed E-state index contributed by atoms with van der Waals surface area (Å²) in [5, 5.41) is 0. The van der Waals surface area contributed by atoms with Gasteiger partial charge >= 0.3 is 0 Å². The molecule has 1 rings (SSSR count). The van der Waals surface area contributed by atoms with Gasteiger partial charge in [0.1, 0.15) is 0 Å². The highest BCUT2D eigenvalue weighted by atomic mass is 16.5. The van der Waals surface area contributed by atoms with Crippen LogP contribution in [0.25, 0.3) is 0 Å². The summed E-state index contributed by atoms with van der Waals surface area (Å²) in [6.07, 6.45) is 0.924. The average Bonchev–Trinajstić information content (AvgIpc) is 2.26. The fraction of sp³-hybridized carbons (Fsp3) is 0.538. The zero-order chi connectivity index (χ0) is 11.8. The zero-order valence-electron chi connectivity index (χ0n) is 10.3. The van der Waals surface area contributed by atoms with Crippen molar-refractivity contribution in [2.24, 2.45) is 5.73 Å². The van der Waals surface area contributed by atoms with Crippen LogP contribution in [0.3, 0.4) is 0 Å². The van der Waals surface area contributed by atoms with Crippen LogP contribution in [0.1, 0.15) is 11.1 Å². The van der Waals surface area contributed by atoms with Crippen molar-refractivity contribution >= 4 is 0 Å². The molecule has 0 aliphatic rings. The van der Waals surface area contributed by atoms with Crippen LogP contribution in [0.4, 0.5) is 0 Å². The predicted molar refractivity (Wildman–Crippen MR) is 67.4 cm³/mol. The first kappa shape index (κ1) is 13.2. The van der Waals surface area contributed by atoms with Crippen molar-refractivity contribution in [1.29, 1.82) is 0 Å². The minimum atomic E-state index is 0.685. The molecular formula is C13H22N2O. The maximum atomic E-state index is 5.64. The molecule has 0 unspecified atom stereocenters. The number of ether oxygens (including phenoxy) is 1. The average molecular weight is 222 g/mol. The molecule has 0 radical (unpaired) electrons. The Morgan fingerprint density at radius 3 is 2.50 bits per heavy atom. The fourth-order valence-electron chi connectivity index (χ4n) is 1.53. The molecule has 3 nitrogen and oxygen atoms in total. The Kier molecular flexibility index (Phi) is 6.08. The molecule has 90 valence electrons. The van der Waals surface area contributed by atoms with E-state index in [1.807, 2.05) is 26.2 Å². The van der Waals surface area contributed by atoms with Crippen LogP contribution in [0.2, 0.25) is 0 Å². The molecule has 0 saturated carbocycles. The van der Waals surface area contributed by atoms with Gasteiger partial charge in [0.2, 0.25) is 0 Å². The first-order chi connectivity index (χ1) is 7.74. The van der Waals surface area contributed by atoms with E-state index in [9.17, 15) is 0 Å². The minimum absolute atomic E-state index is 0.685. The molecule has 1 aromatic rings. The van der Waals surface area contributed by atoms with Gasteiger partial charge in [-0.3, -0.25) is 0 Å². The highest BCUT2D eigenvalue weighted by Gasteiger charge is 2.00. The molecule has 0 spiro atoms. The quantitative estimate of drug-likeness (QED) is 0.706. The van der Waals surface area contributed by atoms with Crippen molar-refractivity contribution in [2.45, 2.75) is 13.0 Å². The lowest BCUT2D eigenvalue weighted by Gasteiger charge is -2.12. The molecule has 0 aliphatic heterocycles. The van der Waals surface area contributed by atoms with E-state index in [0.29, 0.717) is 13.2 Å². The summed E-state index contributed by atoms with van der Waals surface area (Å²) in [7, 11) is 4.09. The Morgan fingerprint density at radius 2 is 1.88 bits per heavy atom. The molecular weight excluding hydrogens is 200 g/mol. The first-order valence-corrected chi connectivity index (χ1v) is 5.73. The second-order valence-corrected chi connectivity index (χ2v) is 4.16. The molecule has 2 N–H and O–H groups in total. The lowest BCUT2D eigenvalue weighted by atomic mass is 10.1. The monoisotopic (exact) mass is 222 g/mol. The summed E-state index contributed by atoms with van der Waals surface area (Å²) < 4.78 is 5.64. The van der Waals surface area contributed by atoms with E-state index in [4.69, 9.17) is 10.5 Å². The number of nitrogens with two attached hydrogens (primary N) is 1. The number of nitrogens with zero attached hydrogens (tertiary/aromatic N) is 1. The number of hydrogen-bond acceptors (Lipinski definition) is 3. The van der Waals surface area contributed by atoms with Gasteiger partial charge < -0.3 is 15.4 Å². The molecule has 0 atom stereocenters. The Balaban J connectivity index is 2.40. The summed E-state index contributed by atoms with van der Waals surface area (Å²) >= 11 is 0. The lowest BCUT2D eigenvalue weighted by molar-refractivity contribution is 0.105. The van der Waals surface area contributed by atoms with Crippen LogP contribution >= 0.6 is 0 Å². The number of hydrogen-bond donors (Lipinski definition) is 1.